The fourth-order valence-electron chi connectivity index (χ4n) is 1.34. The second kappa shape index (κ2) is 6.40. The first-order valence-corrected chi connectivity index (χ1v) is 5.70. The molecule has 1 aromatic rings. The van der Waals surface area contributed by atoms with E-state index < -0.39 is 6.10 Å². The van der Waals surface area contributed by atoms with Gasteiger partial charge < -0.3 is 15.4 Å². The third kappa shape index (κ3) is 3.75. The van der Waals surface area contributed by atoms with Gasteiger partial charge in [-0.15, -0.1) is 0 Å². The van der Waals surface area contributed by atoms with Crippen LogP contribution in [0.1, 0.15) is 30.1 Å². The standard InChI is InChI=1S/C11H16N2O2S/c1-2-4-8(14)7-13-10(15)9-5-3-6-12-11(9)16/h3,5-6,8,14H,2,4,7H2,1H3,(H,12,16)(H,13,15). The van der Waals surface area contributed by atoms with Gasteiger partial charge in [0.2, 0.25) is 0 Å². The highest BCUT2D eigenvalue weighted by molar-refractivity contribution is 7.71. The van der Waals surface area contributed by atoms with E-state index in [9.17, 15) is 9.90 Å². The Hall–Kier alpha value is -1.20. The number of aromatic amines is 1. The Balaban J connectivity index is 2.54. The fraction of sp³-hybridized carbons (Fsp3) is 0.455. The summed E-state index contributed by atoms with van der Waals surface area (Å²) in [5.41, 5.74) is 0.432. The lowest BCUT2D eigenvalue weighted by molar-refractivity contribution is 0.0909. The summed E-state index contributed by atoms with van der Waals surface area (Å²) in [6.07, 6.45) is 2.75. The molecule has 1 aromatic heterocycles. The van der Waals surface area contributed by atoms with Gasteiger partial charge in [0.1, 0.15) is 4.64 Å². The molecule has 0 bridgehead atoms. The minimum absolute atomic E-state index is 0.253. The van der Waals surface area contributed by atoms with E-state index in [0.717, 1.165) is 6.42 Å². The molecule has 0 aromatic carbocycles. The number of aliphatic hydroxyl groups excluding tert-OH is 1. The van der Waals surface area contributed by atoms with Crippen LogP contribution in [0.15, 0.2) is 18.3 Å². The molecule has 1 amide bonds. The maximum Gasteiger partial charge on any atom is 0.254 e. The Morgan fingerprint density at radius 1 is 1.69 bits per heavy atom. The second-order valence-corrected chi connectivity index (χ2v) is 3.97. The molecular formula is C11H16N2O2S. The summed E-state index contributed by atoms with van der Waals surface area (Å²) in [4.78, 5) is 14.5. The molecule has 0 aliphatic heterocycles. The number of aliphatic hydroxyl groups is 1. The SMILES string of the molecule is CCCC(O)CNC(=O)c1ccc[nH]c1=S. The van der Waals surface area contributed by atoms with E-state index >= 15 is 0 Å². The van der Waals surface area contributed by atoms with Gasteiger partial charge in [0.05, 0.1) is 11.7 Å². The first kappa shape index (κ1) is 12.9. The van der Waals surface area contributed by atoms with Crippen LogP contribution in [0.5, 0.6) is 0 Å². The van der Waals surface area contributed by atoms with Crippen LogP contribution in [0.3, 0.4) is 0 Å². The second-order valence-electron chi connectivity index (χ2n) is 3.57. The highest BCUT2D eigenvalue weighted by Crippen LogP contribution is 2.00. The van der Waals surface area contributed by atoms with E-state index in [1.54, 1.807) is 18.3 Å². The van der Waals surface area contributed by atoms with Gasteiger partial charge in [0, 0.05) is 12.7 Å². The fourth-order valence-corrected chi connectivity index (χ4v) is 1.57. The highest BCUT2D eigenvalue weighted by Gasteiger charge is 2.09. The minimum atomic E-state index is -0.491. The number of hydrogen-bond donors (Lipinski definition) is 3. The van der Waals surface area contributed by atoms with Crippen LogP contribution < -0.4 is 5.32 Å². The molecule has 88 valence electrons. The van der Waals surface area contributed by atoms with E-state index in [-0.39, 0.29) is 12.5 Å². The Morgan fingerprint density at radius 2 is 2.44 bits per heavy atom. The predicted octanol–water partition coefficient (Wildman–Crippen LogP) is 1.63. The number of aromatic nitrogens is 1. The largest absolute Gasteiger partial charge is 0.391 e. The molecule has 1 rings (SSSR count). The Morgan fingerprint density at radius 3 is 3.06 bits per heavy atom. The molecular weight excluding hydrogens is 224 g/mol. The number of amides is 1. The summed E-state index contributed by atoms with van der Waals surface area (Å²) in [6.45, 7) is 2.24. The average molecular weight is 240 g/mol. The molecule has 0 aliphatic carbocycles. The zero-order chi connectivity index (χ0) is 12.0. The van der Waals surface area contributed by atoms with Crippen molar-refractivity contribution in [2.45, 2.75) is 25.9 Å². The van der Waals surface area contributed by atoms with Crippen LogP contribution in [0.25, 0.3) is 0 Å². The lowest BCUT2D eigenvalue weighted by atomic mass is 10.2. The first-order valence-electron chi connectivity index (χ1n) is 5.29. The van der Waals surface area contributed by atoms with Crippen molar-refractivity contribution in [3.63, 3.8) is 0 Å². The highest BCUT2D eigenvalue weighted by atomic mass is 32.1. The van der Waals surface area contributed by atoms with Crippen molar-refractivity contribution < 1.29 is 9.90 Å². The van der Waals surface area contributed by atoms with Crippen molar-refractivity contribution in [3.8, 4) is 0 Å². The molecule has 0 spiro atoms. The molecule has 1 atom stereocenters. The summed E-state index contributed by atoms with van der Waals surface area (Å²) in [6, 6.07) is 3.37. The Kier molecular flexibility index (Phi) is 5.14. The van der Waals surface area contributed by atoms with E-state index in [1.807, 2.05) is 6.92 Å². The van der Waals surface area contributed by atoms with Gasteiger partial charge in [-0.3, -0.25) is 4.79 Å². The lowest BCUT2D eigenvalue weighted by Crippen LogP contribution is -2.32. The molecule has 3 N–H and O–H groups in total. The number of carbonyl (C=O) groups excluding carboxylic acids is 1. The molecule has 0 radical (unpaired) electrons. The molecule has 0 saturated carbocycles. The normalized spacial score (nSPS) is 12.1. The summed E-state index contributed by atoms with van der Waals surface area (Å²) >= 11 is 4.98. The van der Waals surface area contributed by atoms with E-state index in [1.165, 1.54) is 0 Å². The third-order valence-electron chi connectivity index (χ3n) is 2.18. The van der Waals surface area contributed by atoms with Gasteiger partial charge >= 0.3 is 0 Å². The van der Waals surface area contributed by atoms with Crippen LogP contribution in [0, 0.1) is 4.64 Å². The zero-order valence-electron chi connectivity index (χ0n) is 9.19. The number of nitrogens with one attached hydrogen (secondary N) is 2. The van der Waals surface area contributed by atoms with Gasteiger partial charge in [-0.1, -0.05) is 25.6 Å². The summed E-state index contributed by atoms with van der Waals surface area (Å²) in [5.74, 6) is -0.253. The molecule has 1 heterocycles. The van der Waals surface area contributed by atoms with Crippen LogP contribution in [0.2, 0.25) is 0 Å². The lowest BCUT2D eigenvalue weighted by Gasteiger charge is -2.10. The van der Waals surface area contributed by atoms with Crippen LogP contribution in [-0.4, -0.2) is 28.6 Å². The quantitative estimate of drug-likeness (QED) is 0.685. The van der Waals surface area contributed by atoms with Gasteiger partial charge in [-0.25, -0.2) is 0 Å². The van der Waals surface area contributed by atoms with Gasteiger partial charge in [-0.2, -0.15) is 0 Å². The third-order valence-corrected chi connectivity index (χ3v) is 2.52. The molecule has 4 nitrogen and oxygen atoms in total. The number of H-pyrrole nitrogens is 1. The summed E-state index contributed by atoms with van der Waals surface area (Å²) < 4.78 is 0.407. The van der Waals surface area contributed by atoms with Crippen molar-refractivity contribution >= 4 is 18.1 Å². The van der Waals surface area contributed by atoms with Crippen molar-refractivity contribution in [2.75, 3.05) is 6.54 Å². The summed E-state index contributed by atoms with van der Waals surface area (Å²) in [5, 5.41) is 12.1. The Labute approximate surface area is 99.7 Å². The number of carbonyl (C=O) groups is 1. The van der Waals surface area contributed by atoms with Crippen molar-refractivity contribution in [1.82, 2.24) is 10.3 Å². The maximum absolute atomic E-state index is 11.7. The smallest absolute Gasteiger partial charge is 0.254 e. The van der Waals surface area contributed by atoms with Gasteiger partial charge in [0.25, 0.3) is 5.91 Å². The summed E-state index contributed by atoms with van der Waals surface area (Å²) in [7, 11) is 0. The van der Waals surface area contributed by atoms with Crippen molar-refractivity contribution in [1.29, 1.82) is 0 Å². The number of pyridine rings is 1. The Bertz CT molecular complexity index is 403. The zero-order valence-corrected chi connectivity index (χ0v) is 10.0. The maximum atomic E-state index is 11.7. The molecule has 0 aliphatic rings. The van der Waals surface area contributed by atoms with E-state index in [4.69, 9.17) is 12.2 Å². The molecule has 1 unspecified atom stereocenters. The van der Waals surface area contributed by atoms with Gasteiger partial charge in [-0.05, 0) is 18.6 Å². The average Bonchev–Trinajstić information content (AvgIpc) is 2.27. The first-order chi connectivity index (χ1) is 7.65. The van der Waals surface area contributed by atoms with Gasteiger partial charge in [0.15, 0.2) is 0 Å². The topological polar surface area (TPSA) is 65.1 Å². The minimum Gasteiger partial charge on any atom is -0.391 e. The van der Waals surface area contributed by atoms with Crippen LogP contribution in [0.4, 0.5) is 0 Å². The molecule has 16 heavy (non-hydrogen) atoms. The van der Waals surface area contributed by atoms with Crippen molar-refractivity contribution in [2.24, 2.45) is 0 Å². The van der Waals surface area contributed by atoms with E-state index in [0.29, 0.717) is 16.6 Å². The molecule has 5 heteroatoms. The predicted molar refractivity (Wildman–Crippen MR) is 64.9 cm³/mol. The number of hydrogen-bond acceptors (Lipinski definition) is 3. The number of rotatable bonds is 5. The molecule has 0 saturated heterocycles. The van der Waals surface area contributed by atoms with E-state index in [2.05, 4.69) is 10.3 Å². The monoisotopic (exact) mass is 240 g/mol. The molecule has 0 fully saturated rings. The van der Waals surface area contributed by atoms with Crippen LogP contribution >= 0.6 is 12.2 Å². The van der Waals surface area contributed by atoms with Crippen molar-refractivity contribution in [3.05, 3.63) is 28.5 Å². The van der Waals surface area contributed by atoms with Crippen LogP contribution in [-0.2, 0) is 0 Å².